The number of aromatic nitrogens is 4. The Morgan fingerprint density at radius 1 is 0.692 bits per heavy atom. The van der Waals surface area contributed by atoms with Gasteiger partial charge >= 0.3 is 17.9 Å². The molecule has 0 radical (unpaired) electrons. The first-order valence-corrected chi connectivity index (χ1v) is 16.4. The molecule has 13 nitrogen and oxygen atoms in total. The highest BCUT2D eigenvalue weighted by atomic mass is 16.7. The first kappa shape index (κ1) is 34.0. The number of esters is 3. The zero-order chi connectivity index (χ0) is 35.9. The summed E-state index contributed by atoms with van der Waals surface area (Å²) < 4.78 is 32.4. The molecule has 1 unspecified atom stereocenters. The number of carbonyl (C=O) groups is 3. The van der Waals surface area contributed by atoms with E-state index in [-0.39, 0.29) is 42.1 Å². The predicted molar refractivity (Wildman–Crippen MR) is 185 cm³/mol. The number of carbonyl (C=O) groups excluding carboxylic acids is 3. The fourth-order valence-electron chi connectivity index (χ4n) is 5.76. The summed E-state index contributed by atoms with van der Waals surface area (Å²) in [4.78, 5) is 57.8. The first-order chi connectivity index (χ1) is 25.5. The fourth-order valence-corrected chi connectivity index (χ4v) is 5.76. The number of rotatable bonds is 12. The molecular formula is C39H32N4O9. The molecule has 6 aromatic rings. The van der Waals surface area contributed by atoms with Crippen LogP contribution in [0.1, 0.15) is 42.9 Å². The van der Waals surface area contributed by atoms with Crippen LogP contribution in [0.15, 0.2) is 139 Å². The Balaban J connectivity index is 1.21. The topological polar surface area (TPSA) is 150 Å². The molecular weight excluding hydrogens is 668 g/mol. The van der Waals surface area contributed by atoms with Gasteiger partial charge in [0.1, 0.15) is 19.4 Å². The summed E-state index contributed by atoms with van der Waals surface area (Å²) in [6.07, 6.45) is -2.11. The smallest absolute Gasteiger partial charge is 0.338 e. The van der Waals surface area contributed by atoms with Gasteiger partial charge < -0.3 is 23.7 Å². The van der Waals surface area contributed by atoms with Crippen LogP contribution in [0.25, 0.3) is 11.0 Å². The third kappa shape index (κ3) is 7.50. The quantitative estimate of drug-likeness (QED) is 0.126. The molecule has 7 rings (SSSR count). The lowest BCUT2D eigenvalue weighted by atomic mass is 10.1. The summed E-state index contributed by atoms with van der Waals surface area (Å²) in [5.74, 6) is -2.07. The standard InChI is InChI=1S/C39H32N4O9/c44-35-32-30(21-41-43(35)25-48-22-26-13-5-1-6-14-26)42(24-40-32)36-34(52-39(47)29-19-11-4-12-20-29)33(51-38(46)28-17-9-3-10-18-28)31(50-36)23-49-37(45)27-15-7-2-8-16-27/h1-21,24,31,33-34,36H,22-23,25H2/t31-,33-,34-,36?/m1/s1. The van der Waals surface area contributed by atoms with Gasteiger partial charge in [-0.1, -0.05) is 84.9 Å². The molecule has 1 fully saturated rings. The Bertz CT molecular complexity index is 2210. The van der Waals surface area contributed by atoms with E-state index in [2.05, 4.69) is 10.1 Å². The van der Waals surface area contributed by atoms with Gasteiger partial charge in [-0.2, -0.15) is 5.10 Å². The molecule has 52 heavy (non-hydrogen) atoms. The Hall–Kier alpha value is -6.44. The average Bonchev–Trinajstić information content (AvgIpc) is 3.77. The highest BCUT2D eigenvalue weighted by molar-refractivity contribution is 5.91. The van der Waals surface area contributed by atoms with Gasteiger partial charge in [-0.15, -0.1) is 0 Å². The Kier molecular flexibility index (Phi) is 10.2. The number of ether oxygens (including phenoxy) is 5. The van der Waals surface area contributed by atoms with Crippen molar-refractivity contribution in [3.8, 4) is 0 Å². The van der Waals surface area contributed by atoms with Gasteiger partial charge in [0.05, 0.1) is 41.3 Å². The van der Waals surface area contributed by atoms with Gasteiger partial charge in [0, 0.05) is 0 Å². The lowest BCUT2D eigenvalue weighted by Crippen LogP contribution is -2.41. The predicted octanol–water partition coefficient (Wildman–Crippen LogP) is 4.97. The minimum atomic E-state index is -1.30. The second-order valence-corrected chi connectivity index (χ2v) is 11.8. The summed E-state index contributed by atoms with van der Waals surface area (Å²) >= 11 is 0. The highest BCUT2D eigenvalue weighted by Crippen LogP contribution is 2.36. The maximum Gasteiger partial charge on any atom is 0.338 e. The van der Waals surface area contributed by atoms with E-state index in [0.717, 1.165) is 10.2 Å². The van der Waals surface area contributed by atoms with Gasteiger partial charge in [0.25, 0.3) is 5.56 Å². The molecule has 4 aromatic carbocycles. The van der Waals surface area contributed by atoms with Crippen LogP contribution < -0.4 is 5.56 Å². The van der Waals surface area contributed by atoms with Crippen molar-refractivity contribution < 1.29 is 38.1 Å². The van der Waals surface area contributed by atoms with Gasteiger partial charge in [-0.3, -0.25) is 9.36 Å². The van der Waals surface area contributed by atoms with E-state index in [4.69, 9.17) is 23.7 Å². The van der Waals surface area contributed by atoms with Crippen molar-refractivity contribution in [2.45, 2.75) is 37.9 Å². The molecule has 1 saturated heterocycles. The number of imidazole rings is 1. The zero-order valence-corrected chi connectivity index (χ0v) is 27.6. The molecule has 3 heterocycles. The molecule has 0 bridgehead atoms. The Morgan fingerprint density at radius 3 is 1.83 bits per heavy atom. The minimum absolute atomic E-state index is 0.0480. The molecule has 13 heteroatoms. The van der Waals surface area contributed by atoms with E-state index in [9.17, 15) is 19.2 Å². The number of nitrogens with zero attached hydrogens (tertiary/aromatic N) is 4. The van der Waals surface area contributed by atoms with Crippen LogP contribution in [-0.2, 0) is 37.0 Å². The second kappa shape index (κ2) is 15.6. The molecule has 1 aliphatic heterocycles. The van der Waals surface area contributed by atoms with Crippen molar-refractivity contribution in [1.82, 2.24) is 19.3 Å². The van der Waals surface area contributed by atoms with Crippen LogP contribution >= 0.6 is 0 Å². The minimum Gasteiger partial charge on any atom is -0.459 e. The van der Waals surface area contributed by atoms with Crippen molar-refractivity contribution in [1.29, 1.82) is 0 Å². The van der Waals surface area contributed by atoms with Crippen LogP contribution in [0.5, 0.6) is 0 Å². The van der Waals surface area contributed by atoms with Crippen molar-refractivity contribution in [2.75, 3.05) is 6.61 Å². The van der Waals surface area contributed by atoms with Crippen LogP contribution in [-0.4, -0.2) is 62.2 Å². The highest BCUT2D eigenvalue weighted by Gasteiger charge is 2.51. The molecule has 0 saturated carbocycles. The van der Waals surface area contributed by atoms with Crippen molar-refractivity contribution in [3.05, 3.63) is 166 Å². The largest absolute Gasteiger partial charge is 0.459 e. The number of benzene rings is 4. The first-order valence-electron chi connectivity index (χ1n) is 16.4. The normalized spacial score (nSPS) is 18.2. The van der Waals surface area contributed by atoms with E-state index in [1.54, 1.807) is 91.0 Å². The van der Waals surface area contributed by atoms with E-state index >= 15 is 0 Å². The lowest BCUT2D eigenvalue weighted by Gasteiger charge is -2.25. The summed E-state index contributed by atoms with van der Waals surface area (Å²) in [6, 6.07) is 34.4. The molecule has 262 valence electrons. The Labute approximate surface area is 296 Å². The van der Waals surface area contributed by atoms with Crippen molar-refractivity contribution >= 4 is 28.9 Å². The number of hydrogen-bond acceptors (Lipinski definition) is 11. The molecule has 1 aliphatic rings. The molecule has 0 spiro atoms. The van der Waals surface area contributed by atoms with Crippen molar-refractivity contribution in [3.63, 3.8) is 0 Å². The Morgan fingerprint density at radius 2 is 1.23 bits per heavy atom. The van der Waals surface area contributed by atoms with E-state index < -0.39 is 48.0 Å². The van der Waals surface area contributed by atoms with Crippen LogP contribution in [0.2, 0.25) is 0 Å². The average molecular weight is 701 g/mol. The monoisotopic (exact) mass is 700 g/mol. The molecule has 0 N–H and O–H groups in total. The third-order valence-corrected chi connectivity index (χ3v) is 8.37. The van der Waals surface area contributed by atoms with Gasteiger partial charge in [-0.25, -0.2) is 24.0 Å². The summed E-state index contributed by atoms with van der Waals surface area (Å²) in [5, 5.41) is 4.29. The van der Waals surface area contributed by atoms with E-state index in [0.29, 0.717) is 5.56 Å². The zero-order valence-electron chi connectivity index (χ0n) is 27.6. The second-order valence-electron chi connectivity index (χ2n) is 11.8. The number of fused-ring (bicyclic) bond motifs is 1. The summed E-state index contributed by atoms with van der Waals surface area (Å²) in [7, 11) is 0. The van der Waals surface area contributed by atoms with Gasteiger partial charge in [-0.05, 0) is 42.0 Å². The van der Waals surface area contributed by atoms with Crippen LogP contribution in [0, 0.1) is 0 Å². The van der Waals surface area contributed by atoms with Crippen LogP contribution in [0.4, 0.5) is 0 Å². The maximum absolute atomic E-state index is 13.5. The van der Waals surface area contributed by atoms with Crippen molar-refractivity contribution in [2.24, 2.45) is 0 Å². The molecule has 0 aliphatic carbocycles. The van der Waals surface area contributed by atoms with E-state index in [1.807, 2.05) is 30.3 Å². The van der Waals surface area contributed by atoms with E-state index in [1.165, 1.54) is 17.1 Å². The fraction of sp³-hybridized carbons (Fsp3) is 0.179. The van der Waals surface area contributed by atoms with Crippen LogP contribution in [0.3, 0.4) is 0 Å². The molecule has 2 aromatic heterocycles. The van der Waals surface area contributed by atoms with Gasteiger partial charge in [0.15, 0.2) is 24.0 Å². The summed E-state index contributed by atoms with van der Waals surface area (Å²) in [6.45, 7) is -0.224. The maximum atomic E-state index is 13.5. The van der Waals surface area contributed by atoms with Gasteiger partial charge in [0.2, 0.25) is 0 Å². The SMILES string of the molecule is O=C(OC[C@H]1OC(n2cnc3c(=O)n(COCc4ccccc4)ncc32)[C@H](OC(=O)c2ccccc2)[C@@H]1OC(=O)c1ccccc1)c1ccccc1. The molecule has 4 atom stereocenters. The third-order valence-electron chi connectivity index (χ3n) is 8.37. The lowest BCUT2D eigenvalue weighted by molar-refractivity contribution is -0.0604. The number of hydrogen-bond donors (Lipinski definition) is 0. The molecule has 0 amide bonds. The summed E-state index contributed by atoms with van der Waals surface area (Å²) in [5.41, 5.74) is 1.49.